The van der Waals surface area contributed by atoms with Crippen LogP contribution in [-0.2, 0) is 20.8 Å². The second-order valence-corrected chi connectivity index (χ2v) is 5.80. The molecule has 1 amide bonds. The largest absolute Gasteiger partial charge is 0.510 e. The highest BCUT2D eigenvalue weighted by atomic mass is 16.7. The van der Waals surface area contributed by atoms with Crippen LogP contribution < -0.4 is 0 Å². The van der Waals surface area contributed by atoms with Gasteiger partial charge in [0.1, 0.15) is 6.61 Å². The van der Waals surface area contributed by atoms with Crippen molar-refractivity contribution in [1.29, 1.82) is 0 Å². The number of carbonyl (C=O) groups is 2. The van der Waals surface area contributed by atoms with Crippen molar-refractivity contribution in [3.63, 3.8) is 0 Å². The Balaban J connectivity index is 2.00. The number of rotatable bonds is 7. The van der Waals surface area contributed by atoms with E-state index >= 15 is 0 Å². The highest BCUT2D eigenvalue weighted by Crippen LogP contribution is 2.29. The lowest BCUT2D eigenvalue weighted by Crippen LogP contribution is -2.43. The van der Waals surface area contributed by atoms with E-state index in [0.29, 0.717) is 6.42 Å². The Kier molecular flexibility index (Phi) is 7.32. The van der Waals surface area contributed by atoms with Gasteiger partial charge in [0.25, 0.3) is 0 Å². The van der Waals surface area contributed by atoms with Crippen molar-refractivity contribution in [1.82, 2.24) is 4.90 Å². The van der Waals surface area contributed by atoms with E-state index in [1.807, 2.05) is 36.4 Å². The Morgan fingerprint density at radius 1 is 1.24 bits per heavy atom. The Hall–Kier alpha value is -2.50. The van der Waals surface area contributed by atoms with Gasteiger partial charge in [0.15, 0.2) is 6.23 Å². The van der Waals surface area contributed by atoms with Gasteiger partial charge in [0.05, 0.1) is 6.61 Å². The minimum atomic E-state index is -0.766. The fourth-order valence-electron chi connectivity index (χ4n) is 2.88. The minimum absolute atomic E-state index is 0.0410. The molecule has 136 valence electrons. The predicted molar refractivity (Wildman–Crippen MR) is 92.8 cm³/mol. The average Bonchev–Trinajstić information content (AvgIpc) is 3.01. The molecule has 0 saturated carbocycles. The SMILES string of the molecule is C=CCC[C@@H]1CC[C@@H](OC(=O)OCC)N1C(=O)OCc1ccccc1. The third-order valence-electron chi connectivity index (χ3n) is 4.06. The fourth-order valence-corrected chi connectivity index (χ4v) is 2.88. The first-order chi connectivity index (χ1) is 12.2. The molecule has 0 aliphatic carbocycles. The number of likely N-dealkylation sites (tertiary alicyclic amines) is 1. The monoisotopic (exact) mass is 347 g/mol. The summed E-state index contributed by atoms with van der Waals surface area (Å²) in [6.45, 7) is 5.83. The Morgan fingerprint density at radius 2 is 2.00 bits per heavy atom. The van der Waals surface area contributed by atoms with Gasteiger partial charge in [-0.25, -0.2) is 9.59 Å². The highest BCUT2D eigenvalue weighted by Gasteiger charge is 2.40. The van der Waals surface area contributed by atoms with Crippen LogP contribution >= 0.6 is 0 Å². The maximum Gasteiger partial charge on any atom is 0.510 e. The maximum absolute atomic E-state index is 12.6. The normalized spacial score (nSPS) is 19.3. The molecule has 0 spiro atoms. The summed E-state index contributed by atoms with van der Waals surface area (Å²) < 4.78 is 15.5. The molecule has 0 aromatic heterocycles. The molecule has 0 radical (unpaired) electrons. The van der Waals surface area contributed by atoms with Crippen molar-refractivity contribution in [2.45, 2.75) is 51.5 Å². The molecule has 1 heterocycles. The molecule has 25 heavy (non-hydrogen) atoms. The van der Waals surface area contributed by atoms with Gasteiger partial charge in [-0.2, -0.15) is 0 Å². The van der Waals surface area contributed by atoms with E-state index in [4.69, 9.17) is 14.2 Å². The number of carbonyl (C=O) groups excluding carboxylic acids is 2. The Bertz CT molecular complexity index is 574. The van der Waals surface area contributed by atoms with E-state index in [9.17, 15) is 9.59 Å². The van der Waals surface area contributed by atoms with E-state index in [0.717, 1.165) is 24.8 Å². The summed E-state index contributed by atoms with van der Waals surface area (Å²) in [6, 6.07) is 9.41. The molecule has 0 bridgehead atoms. The van der Waals surface area contributed by atoms with Crippen molar-refractivity contribution in [3.8, 4) is 0 Å². The van der Waals surface area contributed by atoms with E-state index in [1.165, 1.54) is 4.90 Å². The second kappa shape index (κ2) is 9.71. The molecule has 1 aliphatic heterocycles. The molecular weight excluding hydrogens is 322 g/mol. The summed E-state index contributed by atoms with van der Waals surface area (Å²) in [4.78, 5) is 25.7. The van der Waals surface area contributed by atoms with Gasteiger partial charge in [-0.15, -0.1) is 6.58 Å². The second-order valence-electron chi connectivity index (χ2n) is 5.80. The van der Waals surface area contributed by atoms with E-state index in [1.54, 1.807) is 6.92 Å². The molecule has 0 N–H and O–H groups in total. The van der Waals surface area contributed by atoms with Crippen molar-refractivity contribution < 1.29 is 23.8 Å². The van der Waals surface area contributed by atoms with Crippen LogP contribution in [0.1, 0.15) is 38.2 Å². The van der Waals surface area contributed by atoms with Crippen LogP contribution in [0, 0.1) is 0 Å². The van der Waals surface area contributed by atoms with Crippen LogP contribution in [0.25, 0.3) is 0 Å². The van der Waals surface area contributed by atoms with Gasteiger partial charge in [-0.3, -0.25) is 4.90 Å². The van der Waals surface area contributed by atoms with Gasteiger partial charge in [-0.05, 0) is 31.7 Å². The molecule has 2 rings (SSSR count). The molecule has 6 nitrogen and oxygen atoms in total. The zero-order valence-corrected chi connectivity index (χ0v) is 14.6. The molecule has 1 aromatic carbocycles. The number of allylic oxidation sites excluding steroid dienone is 1. The van der Waals surface area contributed by atoms with Gasteiger partial charge < -0.3 is 14.2 Å². The first-order valence-electron chi connectivity index (χ1n) is 8.59. The molecule has 1 aromatic rings. The first kappa shape index (κ1) is 18.8. The minimum Gasteiger partial charge on any atom is -0.444 e. The number of hydrogen-bond donors (Lipinski definition) is 0. The van der Waals surface area contributed by atoms with Crippen LogP contribution in [0.5, 0.6) is 0 Å². The third kappa shape index (κ3) is 5.52. The molecular formula is C19H25NO5. The number of ether oxygens (including phenoxy) is 3. The lowest BCUT2D eigenvalue weighted by Gasteiger charge is -2.28. The molecule has 6 heteroatoms. The van der Waals surface area contributed by atoms with Crippen molar-refractivity contribution >= 4 is 12.2 Å². The summed E-state index contributed by atoms with van der Waals surface area (Å²) in [5.74, 6) is 0. The number of benzene rings is 1. The van der Waals surface area contributed by atoms with Crippen LogP contribution in [0.4, 0.5) is 9.59 Å². The average molecular weight is 347 g/mol. The van der Waals surface area contributed by atoms with Crippen molar-refractivity contribution in [2.75, 3.05) is 6.61 Å². The first-order valence-corrected chi connectivity index (χ1v) is 8.59. The van der Waals surface area contributed by atoms with Crippen LogP contribution in [0.15, 0.2) is 43.0 Å². The standard InChI is InChI=1S/C19H25NO5/c1-3-5-11-16-12-13-17(25-19(22)23-4-2)20(16)18(21)24-14-15-9-7-6-8-10-15/h3,6-10,16-17H,1,4-5,11-14H2,2H3/t16-,17-/m1/s1. The number of amides is 1. The van der Waals surface area contributed by atoms with Crippen LogP contribution in [0.2, 0.25) is 0 Å². The molecule has 0 unspecified atom stereocenters. The predicted octanol–water partition coefficient (Wildman–Crippen LogP) is 4.25. The highest BCUT2D eigenvalue weighted by molar-refractivity contribution is 5.69. The molecule has 1 aliphatic rings. The number of nitrogens with zero attached hydrogens (tertiary/aromatic N) is 1. The van der Waals surface area contributed by atoms with E-state index < -0.39 is 18.5 Å². The summed E-state index contributed by atoms with van der Waals surface area (Å²) in [5.41, 5.74) is 0.903. The van der Waals surface area contributed by atoms with Gasteiger partial charge in [-0.1, -0.05) is 36.4 Å². The zero-order chi connectivity index (χ0) is 18.1. The molecule has 1 fully saturated rings. The lowest BCUT2D eigenvalue weighted by molar-refractivity contribution is -0.0361. The Labute approximate surface area is 148 Å². The van der Waals surface area contributed by atoms with Gasteiger partial charge in [0.2, 0.25) is 0 Å². The summed E-state index contributed by atoms with van der Waals surface area (Å²) in [5, 5.41) is 0. The number of hydrogen-bond acceptors (Lipinski definition) is 5. The fraction of sp³-hybridized carbons (Fsp3) is 0.474. The lowest BCUT2D eigenvalue weighted by atomic mass is 10.1. The smallest absolute Gasteiger partial charge is 0.444 e. The summed E-state index contributed by atoms with van der Waals surface area (Å²) in [7, 11) is 0. The summed E-state index contributed by atoms with van der Waals surface area (Å²) >= 11 is 0. The van der Waals surface area contributed by atoms with E-state index in [-0.39, 0.29) is 19.3 Å². The molecule has 1 saturated heterocycles. The topological polar surface area (TPSA) is 65.1 Å². The molecule has 2 atom stereocenters. The summed E-state index contributed by atoms with van der Waals surface area (Å²) in [6.07, 6.45) is 2.76. The maximum atomic E-state index is 12.6. The quantitative estimate of drug-likeness (QED) is 0.545. The van der Waals surface area contributed by atoms with Crippen molar-refractivity contribution in [3.05, 3.63) is 48.6 Å². The van der Waals surface area contributed by atoms with Crippen molar-refractivity contribution in [2.24, 2.45) is 0 Å². The Morgan fingerprint density at radius 3 is 2.68 bits per heavy atom. The van der Waals surface area contributed by atoms with Gasteiger partial charge in [0, 0.05) is 12.5 Å². The third-order valence-corrected chi connectivity index (χ3v) is 4.06. The van der Waals surface area contributed by atoms with Gasteiger partial charge >= 0.3 is 12.2 Å². The van der Waals surface area contributed by atoms with E-state index in [2.05, 4.69) is 6.58 Å². The van der Waals surface area contributed by atoms with Crippen LogP contribution in [-0.4, -0.2) is 36.0 Å². The zero-order valence-electron chi connectivity index (χ0n) is 14.6. The van der Waals surface area contributed by atoms with Crippen LogP contribution in [0.3, 0.4) is 0 Å².